The molecule has 2 saturated carbocycles. The normalized spacial score (nSPS) is 46.6. The van der Waals surface area contributed by atoms with Crippen LogP contribution in [-0.2, 0) is 4.79 Å². The van der Waals surface area contributed by atoms with Gasteiger partial charge in [0.2, 0.25) is 0 Å². The summed E-state index contributed by atoms with van der Waals surface area (Å²) in [6, 6.07) is 0. The van der Waals surface area contributed by atoms with Crippen LogP contribution in [0.4, 0.5) is 0 Å². The topological polar surface area (TPSA) is 17.1 Å². The lowest BCUT2D eigenvalue weighted by Crippen LogP contribution is -2.53. The predicted octanol–water partition coefficient (Wildman–Crippen LogP) is 3.49. The molecule has 0 amide bonds. The van der Waals surface area contributed by atoms with Gasteiger partial charge >= 0.3 is 0 Å². The molecule has 2 atom stereocenters. The van der Waals surface area contributed by atoms with Gasteiger partial charge in [0.1, 0.15) is 0 Å². The number of carbonyl (C=O) groups excluding carboxylic acids is 1. The molecule has 0 bridgehead atoms. The van der Waals surface area contributed by atoms with E-state index in [1.807, 2.05) is 0 Å². The van der Waals surface area contributed by atoms with Gasteiger partial charge in [-0.15, -0.1) is 0 Å². The van der Waals surface area contributed by atoms with Gasteiger partial charge in [0.15, 0.2) is 5.78 Å². The van der Waals surface area contributed by atoms with Crippen LogP contribution in [0, 0.1) is 16.2 Å². The van der Waals surface area contributed by atoms with Gasteiger partial charge < -0.3 is 0 Å². The van der Waals surface area contributed by atoms with E-state index in [4.69, 9.17) is 0 Å². The second kappa shape index (κ2) is 2.39. The molecule has 0 unspecified atom stereocenters. The Morgan fingerprint density at radius 3 is 2.47 bits per heavy atom. The van der Waals surface area contributed by atoms with Crippen molar-refractivity contribution < 1.29 is 4.79 Å². The summed E-state index contributed by atoms with van der Waals surface area (Å²) in [6.45, 7) is 7.10. The van der Waals surface area contributed by atoms with Crippen LogP contribution < -0.4 is 0 Å². The van der Waals surface area contributed by atoms with Gasteiger partial charge in [0.05, 0.1) is 0 Å². The zero-order chi connectivity index (χ0) is 10.9. The van der Waals surface area contributed by atoms with Gasteiger partial charge in [-0.1, -0.05) is 33.3 Å². The average Bonchev–Trinajstić information content (AvgIpc) is 2.12. The lowest BCUT2D eigenvalue weighted by atomic mass is 9.42. The molecular formula is C14H20O. The van der Waals surface area contributed by atoms with E-state index < -0.39 is 0 Å². The maximum absolute atomic E-state index is 12.0. The van der Waals surface area contributed by atoms with Crippen molar-refractivity contribution in [3.05, 3.63) is 11.6 Å². The minimum atomic E-state index is 0.245. The van der Waals surface area contributed by atoms with E-state index in [1.165, 1.54) is 24.8 Å². The first kappa shape index (κ1) is 9.62. The van der Waals surface area contributed by atoms with Crippen molar-refractivity contribution in [1.29, 1.82) is 0 Å². The minimum Gasteiger partial charge on any atom is -0.295 e. The van der Waals surface area contributed by atoms with Gasteiger partial charge in [0, 0.05) is 11.8 Å². The molecule has 0 saturated heterocycles. The number of Topliss-reactive ketones (excluding diaryl/α,β-unsaturated/α-hetero) is 1. The molecular weight excluding hydrogens is 184 g/mol. The molecule has 3 aliphatic carbocycles. The molecule has 3 aliphatic rings. The third kappa shape index (κ3) is 0.811. The standard InChI is InChI=1S/C14H20O/c1-12(2)6-4-7-13(3)9-11(15)10-5-8-14(10,12)13/h5H,4,6-9H2,1-3H3/t13-,14-/m1/s1. The molecule has 15 heavy (non-hydrogen) atoms. The van der Waals surface area contributed by atoms with Crippen LogP contribution in [0.1, 0.15) is 52.9 Å². The van der Waals surface area contributed by atoms with Gasteiger partial charge in [-0.2, -0.15) is 0 Å². The average molecular weight is 204 g/mol. The highest BCUT2D eigenvalue weighted by molar-refractivity contribution is 6.02. The van der Waals surface area contributed by atoms with Gasteiger partial charge in [-0.3, -0.25) is 4.79 Å². The minimum absolute atomic E-state index is 0.245. The van der Waals surface area contributed by atoms with Crippen molar-refractivity contribution in [2.45, 2.75) is 52.9 Å². The highest BCUT2D eigenvalue weighted by atomic mass is 16.1. The van der Waals surface area contributed by atoms with Crippen molar-refractivity contribution in [3.63, 3.8) is 0 Å². The van der Waals surface area contributed by atoms with Crippen molar-refractivity contribution >= 4 is 5.78 Å². The molecule has 1 nitrogen and oxygen atoms in total. The van der Waals surface area contributed by atoms with Crippen molar-refractivity contribution in [3.8, 4) is 0 Å². The fourth-order valence-electron chi connectivity index (χ4n) is 4.83. The Hall–Kier alpha value is -0.590. The van der Waals surface area contributed by atoms with E-state index in [0.717, 1.165) is 12.8 Å². The summed E-state index contributed by atoms with van der Waals surface area (Å²) in [4.78, 5) is 12.0. The number of hydrogen-bond donors (Lipinski definition) is 0. The quantitative estimate of drug-likeness (QED) is 0.590. The summed E-state index contributed by atoms with van der Waals surface area (Å²) in [5, 5.41) is 0. The fourth-order valence-corrected chi connectivity index (χ4v) is 4.83. The Morgan fingerprint density at radius 1 is 1.20 bits per heavy atom. The lowest BCUT2D eigenvalue weighted by Gasteiger charge is -2.60. The second-order valence-electron chi connectivity index (χ2n) is 6.63. The Morgan fingerprint density at radius 2 is 1.93 bits per heavy atom. The largest absolute Gasteiger partial charge is 0.295 e. The van der Waals surface area contributed by atoms with Crippen LogP contribution in [0.25, 0.3) is 0 Å². The van der Waals surface area contributed by atoms with E-state index in [9.17, 15) is 4.79 Å². The van der Waals surface area contributed by atoms with Crippen LogP contribution in [0.5, 0.6) is 0 Å². The second-order valence-corrected chi connectivity index (χ2v) is 6.63. The predicted molar refractivity (Wildman–Crippen MR) is 60.5 cm³/mol. The number of allylic oxidation sites excluding steroid dienone is 2. The molecule has 0 aromatic carbocycles. The molecule has 0 N–H and O–H groups in total. The summed E-state index contributed by atoms with van der Waals surface area (Å²) < 4.78 is 0. The van der Waals surface area contributed by atoms with Crippen LogP contribution in [-0.4, -0.2) is 5.78 Å². The lowest BCUT2D eigenvalue weighted by molar-refractivity contribution is -0.115. The number of carbonyl (C=O) groups is 1. The van der Waals surface area contributed by atoms with Crippen molar-refractivity contribution in [1.82, 2.24) is 0 Å². The van der Waals surface area contributed by atoms with Crippen molar-refractivity contribution in [2.24, 2.45) is 16.2 Å². The SMILES string of the molecule is CC1(C)CCC[C@]2(C)CC(=O)C3=CC[C@@]312. The molecule has 2 fully saturated rings. The first-order valence-electron chi connectivity index (χ1n) is 6.17. The van der Waals surface area contributed by atoms with Gasteiger partial charge in [-0.25, -0.2) is 0 Å². The van der Waals surface area contributed by atoms with Crippen LogP contribution in [0.15, 0.2) is 11.6 Å². The third-order valence-corrected chi connectivity index (χ3v) is 5.64. The first-order valence-corrected chi connectivity index (χ1v) is 6.17. The van der Waals surface area contributed by atoms with Crippen LogP contribution in [0.2, 0.25) is 0 Å². The number of ketones is 1. The summed E-state index contributed by atoms with van der Waals surface area (Å²) in [5.41, 5.74) is 2.04. The smallest absolute Gasteiger partial charge is 0.159 e. The van der Waals surface area contributed by atoms with E-state index in [1.54, 1.807) is 0 Å². The van der Waals surface area contributed by atoms with E-state index in [2.05, 4.69) is 26.8 Å². The Labute approximate surface area is 91.9 Å². The van der Waals surface area contributed by atoms with E-state index in [0.29, 0.717) is 11.2 Å². The van der Waals surface area contributed by atoms with Crippen LogP contribution >= 0.6 is 0 Å². The summed E-state index contributed by atoms with van der Waals surface area (Å²) >= 11 is 0. The van der Waals surface area contributed by atoms with Crippen molar-refractivity contribution in [2.75, 3.05) is 0 Å². The Kier molecular flexibility index (Phi) is 1.53. The molecule has 1 spiro atoms. The third-order valence-electron chi connectivity index (χ3n) is 5.64. The molecule has 0 aromatic rings. The molecule has 3 rings (SSSR count). The van der Waals surface area contributed by atoms with Gasteiger partial charge in [0.25, 0.3) is 0 Å². The highest BCUT2D eigenvalue weighted by Gasteiger charge is 2.68. The fraction of sp³-hybridized carbons (Fsp3) is 0.786. The first-order chi connectivity index (χ1) is 6.93. The zero-order valence-corrected chi connectivity index (χ0v) is 10.0. The summed E-state index contributed by atoms with van der Waals surface area (Å²) in [5.74, 6) is 0.443. The maximum Gasteiger partial charge on any atom is 0.159 e. The van der Waals surface area contributed by atoms with Crippen LogP contribution in [0.3, 0.4) is 0 Å². The number of hydrogen-bond acceptors (Lipinski definition) is 1. The van der Waals surface area contributed by atoms with E-state index >= 15 is 0 Å². The Bertz CT molecular complexity index is 377. The highest BCUT2D eigenvalue weighted by Crippen LogP contribution is 2.73. The molecule has 0 aromatic heterocycles. The molecule has 82 valence electrons. The summed E-state index contributed by atoms with van der Waals surface area (Å²) in [7, 11) is 0. The monoisotopic (exact) mass is 204 g/mol. The van der Waals surface area contributed by atoms with Gasteiger partial charge in [-0.05, 0) is 35.7 Å². The summed E-state index contributed by atoms with van der Waals surface area (Å²) in [6.07, 6.45) is 7.99. The zero-order valence-electron chi connectivity index (χ0n) is 10.0. The molecule has 0 aliphatic heterocycles. The maximum atomic E-state index is 12.0. The Balaban J connectivity index is 2.19. The molecule has 0 heterocycles. The molecule has 0 radical (unpaired) electrons. The number of rotatable bonds is 0. The molecule has 1 heteroatoms. The van der Waals surface area contributed by atoms with E-state index in [-0.39, 0.29) is 10.8 Å².